The second-order valence-corrected chi connectivity index (χ2v) is 2.43. The number of hydrogen-bond donors (Lipinski definition) is 1. The third kappa shape index (κ3) is 0.851. The van der Waals surface area contributed by atoms with Crippen molar-refractivity contribution in [2.45, 2.75) is 0 Å². The summed E-state index contributed by atoms with van der Waals surface area (Å²) in [6.45, 7) is -1.70. The number of aryl methyl sites for hydroxylation is 1. The molecule has 6 nitrogen and oxygen atoms in total. The van der Waals surface area contributed by atoms with Crippen LogP contribution in [0.25, 0.3) is 11.2 Å². The first-order chi connectivity index (χ1) is 7.97. The Kier molecular flexibility index (Phi) is 0.785. The molecule has 2 heterocycles. The SMILES string of the molecule is [2H]Cn1c(=O)c2[nH]c([2H])nc2n(C([2H])[2H])c1=O. The quantitative estimate of drug-likeness (QED) is 0.568. The summed E-state index contributed by atoms with van der Waals surface area (Å²) in [5, 5.41) is 0. The number of imidazole rings is 1. The third-order valence-corrected chi connectivity index (χ3v) is 1.69. The molecule has 6 heteroatoms. The predicted octanol–water partition coefficient (Wildman–Crippen LogP) is -1.04. The Morgan fingerprint density at radius 1 is 1.62 bits per heavy atom. The lowest BCUT2D eigenvalue weighted by Gasteiger charge is -2.00. The summed E-state index contributed by atoms with van der Waals surface area (Å²) < 4.78 is 30.0. The van der Waals surface area contributed by atoms with Crippen LogP contribution in [0.2, 0.25) is 0 Å². The van der Waals surface area contributed by atoms with Gasteiger partial charge >= 0.3 is 5.69 Å². The van der Waals surface area contributed by atoms with Crippen LogP contribution in [-0.4, -0.2) is 19.1 Å². The standard InChI is InChI=1S/C7H8N4O2/c1-10-5-4(8-3-9-5)6(12)11(2)7(10)13/h3H,1-2H3,(H,8,9)/i1D2,2D,3D. The highest BCUT2D eigenvalue weighted by molar-refractivity contribution is 5.68. The van der Waals surface area contributed by atoms with E-state index in [1.54, 1.807) is 0 Å². The van der Waals surface area contributed by atoms with Crippen LogP contribution in [0.15, 0.2) is 15.9 Å². The molecule has 0 bridgehead atoms. The summed E-state index contributed by atoms with van der Waals surface area (Å²) in [5.74, 6) is 0. The van der Waals surface area contributed by atoms with E-state index in [-0.39, 0.29) is 17.5 Å². The van der Waals surface area contributed by atoms with E-state index in [1.165, 1.54) is 0 Å². The summed E-state index contributed by atoms with van der Waals surface area (Å²) in [6.07, 6.45) is -0.339. The molecule has 2 aromatic rings. The maximum atomic E-state index is 11.7. The average molecular weight is 184 g/mol. The van der Waals surface area contributed by atoms with Gasteiger partial charge in [-0.2, -0.15) is 0 Å². The second-order valence-electron chi connectivity index (χ2n) is 2.43. The van der Waals surface area contributed by atoms with Crippen molar-refractivity contribution in [2.24, 2.45) is 14.0 Å². The van der Waals surface area contributed by atoms with Crippen LogP contribution in [0.3, 0.4) is 0 Å². The van der Waals surface area contributed by atoms with Crippen LogP contribution in [0.5, 0.6) is 0 Å². The number of aromatic nitrogens is 4. The Bertz CT molecular complexity index is 685. The lowest BCUT2D eigenvalue weighted by Crippen LogP contribution is -2.36. The molecule has 0 aromatic carbocycles. The Balaban J connectivity index is 3.06. The molecular weight excluding hydrogens is 172 g/mol. The van der Waals surface area contributed by atoms with E-state index in [0.29, 0.717) is 9.13 Å². The molecular formula is C7H8N4O2. The van der Waals surface area contributed by atoms with E-state index in [1.807, 2.05) is 0 Å². The summed E-state index contributed by atoms with van der Waals surface area (Å²) in [4.78, 5) is 29.4. The van der Waals surface area contributed by atoms with Gasteiger partial charge in [0.25, 0.3) is 5.56 Å². The van der Waals surface area contributed by atoms with Gasteiger partial charge in [0.2, 0.25) is 0 Å². The first-order valence-corrected chi connectivity index (χ1v) is 3.32. The van der Waals surface area contributed by atoms with Crippen LogP contribution in [0.1, 0.15) is 5.48 Å². The predicted molar refractivity (Wildman–Crippen MR) is 46.6 cm³/mol. The van der Waals surface area contributed by atoms with Crippen molar-refractivity contribution in [1.29, 1.82) is 0 Å². The largest absolute Gasteiger partial charge is 0.339 e. The number of rotatable bonds is 0. The molecule has 0 radical (unpaired) electrons. The van der Waals surface area contributed by atoms with Gasteiger partial charge in [0, 0.05) is 18.1 Å². The minimum absolute atomic E-state index is 0.147. The summed E-state index contributed by atoms with van der Waals surface area (Å²) in [5.41, 5.74) is -2.07. The fourth-order valence-corrected chi connectivity index (χ4v) is 1.01. The van der Waals surface area contributed by atoms with E-state index in [2.05, 4.69) is 9.97 Å². The minimum atomic E-state index is -1.70. The van der Waals surface area contributed by atoms with Gasteiger partial charge in [0.1, 0.15) is 6.89 Å². The first-order valence-electron chi connectivity index (χ1n) is 5.69. The van der Waals surface area contributed by atoms with Crippen LogP contribution >= 0.6 is 0 Å². The molecule has 0 saturated heterocycles. The number of nitrogens with one attached hydrogen (secondary N) is 1. The van der Waals surface area contributed by atoms with Crippen molar-refractivity contribution < 1.29 is 5.48 Å². The smallest absolute Gasteiger partial charge is 0.332 e. The van der Waals surface area contributed by atoms with Crippen LogP contribution in [0, 0.1) is 0 Å². The molecule has 0 fully saturated rings. The van der Waals surface area contributed by atoms with Crippen molar-refractivity contribution in [3.05, 3.63) is 27.1 Å². The maximum Gasteiger partial charge on any atom is 0.332 e. The van der Waals surface area contributed by atoms with Gasteiger partial charge < -0.3 is 4.98 Å². The molecule has 13 heavy (non-hydrogen) atoms. The number of nitrogens with zero attached hydrogens (tertiary/aromatic N) is 3. The van der Waals surface area contributed by atoms with Crippen molar-refractivity contribution in [1.82, 2.24) is 19.1 Å². The molecule has 0 aliphatic rings. The van der Waals surface area contributed by atoms with Gasteiger partial charge in [-0.3, -0.25) is 13.9 Å². The molecule has 2 rings (SSSR count). The van der Waals surface area contributed by atoms with E-state index in [9.17, 15) is 9.59 Å². The number of hydrogen-bond acceptors (Lipinski definition) is 3. The zero-order valence-corrected chi connectivity index (χ0v) is 6.44. The van der Waals surface area contributed by atoms with Gasteiger partial charge in [-0.05, 0) is 0 Å². The number of H-pyrrole nitrogens is 1. The highest BCUT2D eigenvalue weighted by Crippen LogP contribution is 1.97. The Labute approximate surface area is 78.1 Å². The van der Waals surface area contributed by atoms with Crippen molar-refractivity contribution in [3.8, 4) is 0 Å². The molecule has 0 unspecified atom stereocenters. The van der Waals surface area contributed by atoms with Gasteiger partial charge in [0.15, 0.2) is 5.65 Å². The zero-order valence-electron chi connectivity index (χ0n) is 10.4. The van der Waals surface area contributed by atoms with Crippen LogP contribution in [0.4, 0.5) is 0 Å². The minimum Gasteiger partial charge on any atom is -0.339 e. The molecule has 0 amide bonds. The molecule has 0 spiro atoms. The molecule has 2 aromatic heterocycles. The molecule has 0 aliphatic heterocycles. The molecule has 68 valence electrons. The van der Waals surface area contributed by atoms with Crippen molar-refractivity contribution in [2.75, 3.05) is 0 Å². The fourth-order valence-electron chi connectivity index (χ4n) is 1.01. The maximum absolute atomic E-state index is 11.7. The van der Waals surface area contributed by atoms with Gasteiger partial charge in [-0.25, -0.2) is 9.78 Å². The number of aromatic amines is 1. The zero-order chi connectivity index (χ0) is 12.7. The van der Waals surface area contributed by atoms with Crippen LogP contribution < -0.4 is 11.2 Å². The van der Waals surface area contributed by atoms with E-state index in [0.717, 1.165) is 0 Å². The summed E-state index contributed by atoms with van der Waals surface area (Å²) >= 11 is 0. The van der Waals surface area contributed by atoms with Crippen molar-refractivity contribution >= 4 is 11.2 Å². The van der Waals surface area contributed by atoms with Crippen molar-refractivity contribution in [3.63, 3.8) is 0 Å². The van der Waals surface area contributed by atoms with E-state index >= 15 is 0 Å². The summed E-state index contributed by atoms with van der Waals surface area (Å²) in [6, 6.07) is 0. The second kappa shape index (κ2) is 2.32. The van der Waals surface area contributed by atoms with Gasteiger partial charge in [-0.15, -0.1) is 0 Å². The van der Waals surface area contributed by atoms with E-state index in [4.69, 9.17) is 5.48 Å². The first kappa shape index (κ1) is 4.40. The van der Waals surface area contributed by atoms with Gasteiger partial charge in [-0.1, -0.05) is 0 Å². The Hall–Kier alpha value is -1.85. The Morgan fingerprint density at radius 2 is 2.46 bits per heavy atom. The Morgan fingerprint density at radius 3 is 3.15 bits per heavy atom. The fraction of sp³-hybridized carbons (Fsp3) is 0.286. The molecule has 0 aliphatic carbocycles. The topological polar surface area (TPSA) is 72.7 Å². The molecule has 1 N–H and O–H groups in total. The van der Waals surface area contributed by atoms with E-state index < -0.39 is 25.3 Å². The number of fused-ring (bicyclic) bond motifs is 1. The summed E-state index contributed by atoms with van der Waals surface area (Å²) in [7, 11) is -0.618. The molecule has 0 saturated carbocycles. The molecule has 0 atom stereocenters. The highest BCUT2D eigenvalue weighted by atomic mass is 16.2. The monoisotopic (exact) mass is 184 g/mol. The lowest BCUT2D eigenvalue weighted by atomic mass is 10.5. The highest BCUT2D eigenvalue weighted by Gasteiger charge is 2.08. The third-order valence-electron chi connectivity index (χ3n) is 1.69. The normalized spacial score (nSPS) is 15.5. The average Bonchev–Trinajstić information content (AvgIpc) is 2.60. The van der Waals surface area contributed by atoms with Crippen LogP contribution in [-0.2, 0) is 14.0 Å². The lowest BCUT2D eigenvalue weighted by molar-refractivity contribution is 0.709. The van der Waals surface area contributed by atoms with Gasteiger partial charge in [0.05, 0.1) is 6.30 Å².